The Morgan fingerprint density at radius 3 is 2.28 bits per heavy atom. The summed E-state index contributed by atoms with van der Waals surface area (Å²) in [5, 5.41) is 5.91. The number of nitrogens with zero attached hydrogens (tertiary/aromatic N) is 1. The first kappa shape index (κ1) is 30.0. The smallest absolute Gasteiger partial charge is 0.408 e. The maximum absolute atomic E-state index is 14.1. The Labute approximate surface area is 222 Å². The molecule has 2 N–H and O–H groups in total. The fraction of sp³-hybridized carbons (Fsp3) is 0.679. The molecule has 8 heteroatoms. The van der Waals surface area contributed by atoms with E-state index in [0.29, 0.717) is 6.42 Å². The normalized spacial score (nSPS) is 16.6. The highest BCUT2D eigenvalue weighted by atomic mass is 32.1. The lowest BCUT2D eigenvalue weighted by molar-refractivity contribution is -0.149. The lowest BCUT2D eigenvalue weighted by Gasteiger charge is -2.45. The van der Waals surface area contributed by atoms with Crippen LogP contribution >= 0.6 is 12.6 Å². The minimum Gasteiger partial charge on any atom is -0.444 e. The number of aryl methyl sites for hydroxylation is 1. The molecule has 7 nitrogen and oxygen atoms in total. The molecule has 0 aromatic heterocycles. The second-order valence-electron chi connectivity index (χ2n) is 11.4. The van der Waals surface area contributed by atoms with Crippen molar-refractivity contribution in [3.8, 4) is 0 Å². The van der Waals surface area contributed by atoms with E-state index in [1.165, 1.54) is 6.42 Å². The molecule has 0 radical (unpaired) electrons. The lowest BCUT2D eigenvalue weighted by atomic mass is 9.90. The van der Waals surface area contributed by atoms with Crippen molar-refractivity contribution in [2.45, 2.75) is 116 Å². The average Bonchev–Trinajstić information content (AvgIpc) is 2.79. The Kier molecular flexibility index (Phi) is 10.7. The van der Waals surface area contributed by atoms with Crippen LogP contribution in [0.1, 0.15) is 97.2 Å². The fourth-order valence-corrected chi connectivity index (χ4v) is 4.78. The van der Waals surface area contributed by atoms with Crippen molar-refractivity contribution in [1.82, 2.24) is 15.5 Å². The summed E-state index contributed by atoms with van der Waals surface area (Å²) in [6.07, 6.45) is 5.16. The number of amides is 3. The number of hydrogen-bond acceptors (Lipinski definition) is 5. The molecular formula is C28H45N3O4S. The second kappa shape index (κ2) is 12.8. The zero-order chi connectivity index (χ0) is 27.1. The summed E-state index contributed by atoms with van der Waals surface area (Å²) in [5.41, 5.74) is 0.364. The first-order valence-electron chi connectivity index (χ1n) is 13.1. The topological polar surface area (TPSA) is 87.7 Å². The summed E-state index contributed by atoms with van der Waals surface area (Å²) in [5.74, 6) is -0.496. The first-order valence-corrected chi connectivity index (χ1v) is 13.7. The van der Waals surface area contributed by atoms with Crippen LogP contribution in [0, 0.1) is 6.92 Å². The van der Waals surface area contributed by atoms with Crippen LogP contribution in [0.3, 0.4) is 0 Å². The van der Waals surface area contributed by atoms with E-state index in [9.17, 15) is 14.4 Å². The van der Waals surface area contributed by atoms with E-state index in [1.807, 2.05) is 52.0 Å². The number of alkyl carbamates (subject to hydrolysis) is 1. The van der Waals surface area contributed by atoms with Gasteiger partial charge < -0.3 is 20.3 Å². The van der Waals surface area contributed by atoms with Crippen molar-refractivity contribution in [3.05, 3.63) is 35.4 Å². The van der Waals surface area contributed by atoms with Crippen LogP contribution in [-0.4, -0.2) is 51.8 Å². The van der Waals surface area contributed by atoms with Gasteiger partial charge in [0.05, 0.1) is 0 Å². The third-order valence-corrected chi connectivity index (χ3v) is 7.11. The quantitative estimate of drug-likeness (QED) is 0.385. The van der Waals surface area contributed by atoms with Gasteiger partial charge in [-0.2, -0.15) is 12.6 Å². The molecule has 202 valence electrons. The van der Waals surface area contributed by atoms with Crippen LogP contribution in [-0.2, 0) is 14.3 Å². The molecule has 2 rings (SSSR count). The van der Waals surface area contributed by atoms with Gasteiger partial charge in [0.25, 0.3) is 0 Å². The maximum atomic E-state index is 14.1. The molecule has 1 fully saturated rings. The molecule has 0 saturated heterocycles. The third-order valence-electron chi connectivity index (χ3n) is 6.74. The van der Waals surface area contributed by atoms with Gasteiger partial charge in [-0.1, -0.05) is 56.0 Å². The summed E-state index contributed by atoms with van der Waals surface area (Å²) in [6.45, 7) is 13.1. The minimum absolute atomic E-state index is 0.0686. The van der Waals surface area contributed by atoms with Crippen LogP contribution in [0.4, 0.5) is 4.79 Å². The molecule has 1 aromatic rings. The van der Waals surface area contributed by atoms with E-state index in [1.54, 1.807) is 25.7 Å². The Bertz CT molecular complexity index is 906. The van der Waals surface area contributed by atoms with E-state index in [2.05, 4.69) is 23.3 Å². The first-order chi connectivity index (χ1) is 16.8. The number of benzene rings is 1. The molecule has 1 saturated carbocycles. The molecule has 0 heterocycles. The maximum Gasteiger partial charge on any atom is 0.408 e. The van der Waals surface area contributed by atoms with Gasteiger partial charge in [0.2, 0.25) is 11.8 Å². The summed E-state index contributed by atoms with van der Waals surface area (Å²) in [4.78, 5) is 42.2. The van der Waals surface area contributed by atoms with Gasteiger partial charge in [-0.05, 0) is 66.4 Å². The Morgan fingerprint density at radius 2 is 1.75 bits per heavy atom. The average molecular weight is 520 g/mol. The van der Waals surface area contributed by atoms with Gasteiger partial charge >= 0.3 is 6.09 Å². The number of hydrogen-bond donors (Lipinski definition) is 3. The molecular weight excluding hydrogens is 474 g/mol. The molecule has 1 aliphatic rings. The zero-order valence-corrected chi connectivity index (χ0v) is 23.9. The molecule has 1 aliphatic carbocycles. The van der Waals surface area contributed by atoms with E-state index in [4.69, 9.17) is 4.74 Å². The third kappa shape index (κ3) is 8.43. The summed E-state index contributed by atoms with van der Waals surface area (Å²) < 4.78 is 5.39. The van der Waals surface area contributed by atoms with Gasteiger partial charge in [0, 0.05) is 17.3 Å². The standard InChI is InChI=1S/C28H45N3O4S/c1-8-28(6,7)31(25(33)22(18-36)30-26(34)35-27(3,4)5)23(20-14-12-13-19(2)17-20)24(32)29-21-15-10-9-11-16-21/h12-14,17,21-23,36H,8-11,15-16,18H2,1-7H3,(H,29,32)(H,30,34). The molecule has 2 atom stereocenters. The number of rotatable bonds is 9. The Balaban J connectivity index is 2.49. The number of nitrogens with one attached hydrogen (secondary N) is 2. The number of ether oxygens (including phenoxy) is 1. The highest BCUT2D eigenvalue weighted by Gasteiger charge is 2.43. The molecule has 0 bridgehead atoms. The Hall–Kier alpha value is -2.22. The monoisotopic (exact) mass is 519 g/mol. The summed E-state index contributed by atoms with van der Waals surface area (Å²) in [6, 6.07) is 6.01. The van der Waals surface area contributed by atoms with Crippen molar-refractivity contribution in [2.24, 2.45) is 0 Å². The highest BCUT2D eigenvalue weighted by molar-refractivity contribution is 7.80. The minimum atomic E-state index is -0.955. The van der Waals surface area contributed by atoms with Crippen molar-refractivity contribution in [3.63, 3.8) is 0 Å². The summed E-state index contributed by atoms with van der Waals surface area (Å²) >= 11 is 4.37. The van der Waals surface area contributed by atoms with Crippen molar-refractivity contribution >= 4 is 30.5 Å². The van der Waals surface area contributed by atoms with Crippen molar-refractivity contribution in [2.75, 3.05) is 5.75 Å². The van der Waals surface area contributed by atoms with Crippen LogP contribution in [0.25, 0.3) is 0 Å². The fourth-order valence-electron chi connectivity index (χ4n) is 4.53. The molecule has 2 unspecified atom stereocenters. The van der Waals surface area contributed by atoms with Crippen LogP contribution in [0.15, 0.2) is 24.3 Å². The molecule has 3 amide bonds. The SMILES string of the molecule is CCC(C)(C)N(C(=O)C(CS)NC(=O)OC(C)(C)C)C(C(=O)NC1CCCCC1)c1cccc(C)c1. The number of carbonyl (C=O) groups is 3. The number of thiol groups is 1. The van der Waals surface area contributed by atoms with Crippen LogP contribution in [0.5, 0.6) is 0 Å². The van der Waals surface area contributed by atoms with E-state index in [0.717, 1.165) is 36.8 Å². The molecule has 36 heavy (non-hydrogen) atoms. The van der Waals surface area contributed by atoms with Gasteiger partial charge in [0.15, 0.2) is 0 Å². The largest absolute Gasteiger partial charge is 0.444 e. The Morgan fingerprint density at radius 1 is 1.11 bits per heavy atom. The van der Waals surface area contributed by atoms with Gasteiger partial charge in [-0.15, -0.1) is 0 Å². The predicted molar refractivity (Wildman–Crippen MR) is 147 cm³/mol. The molecule has 0 aliphatic heterocycles. The van der Waals surface area contributed by atoms with E-state index >= 15 is 0 Å². The van der Waals surface area contributed by atoms with Crippen LogP contribution in [0.2, 0.25) is 0 Å². The van der Waals surface area contributed by atoms with Gasteiger partial charge in [-0.3, -0.25) is 9.59 Å². The second-order valence-corrected chi connectivity index (χ2v) is 11.8. The lowest BCUT2D eigenvalue weighted by Crippen LogP contribution is -2.60. The van der Waals surface area contributed by atoms with E-state index in [-0.39, 0.29) is 23.6 Å². The number of carbonyl (C=O) groups excluding carboxylic acids is 3. The van der Waals surface area contributed by atoms with Crippen LogP contribution < -0.4 is 10.6 Å². The van der Waals surface area contributed by atoms with E-state index < -0.39 is 29.3 Å². The molecule has 0 spiro atoms. The molecule has 1 aromatic carbocycles. The van der Waals surface area contributed by atoms with Crippen molar-refractivity contribution in [1.29, 1.82) is 0 Å². The van der Waals surface area contributed by atoms with Crippen molar-refractivity contribution < 1.29 is 19.1 Å². The van der Waals surface area contributed by atoms with Gasteiger partial charge in [0.1, 0.15) is 17.7 Å². The van der Waals surface area contributed by atoms with Gasteiger partial charge in [-0.25, -0.2) is 4.79 Å². The predicted octanol–water partition coefficient (Wildman–Crippen LogP) is 5.33. The summed E-state index contributed by atoms with van der Waals surface area (Å²) in [7, 11) is 0. The zero-order valence-electron chi connectivity index (χ0n) is 23.0. The highest BCUT2D eigenvalue weighted by Crippen LogP contribution is 2.33.